The number of carbonyl (C=O) groups is 1. The number of carbonyl (C=O) groups excluding carboxylic acids is 1. The maximum absolute atomic E-state index is 13.5. The molecule has 0 aromatic rings. The highest BCUT2D eigenvalue weighted by molar-refractivity contribution is 5.76. The van der Waals surface area contributed by atoms with Gasteiger partial charge in [-0.15, -0.1) is 0 Å². The van der Waals surface area contributed by atoms with Gasteiger partial charge in [0.05, 0.1) is 38.6 Å². The van der Waals surface area contributed by atoms with Crippen LogP contribution in [-0.2, 0) is 33.2 Å². The molecule has 0 spiro atoms. The molecule has 0 aromatic heterocycles. The molecule has 3 saturated heterocycles. The van der Waals surface area contributed by atoms with Crippen LogP contribution < -0.4 is 5.32 Å². The minimum atomic E-state index is -1.99. The summed E-state index contributed by atoms with van der Waals surface area (Å²) in [5.41, 5.74) is 0. The van der Waals surface area contributed by atoms with Crippen LogP contribution in [-0.4, -0.2) is 193 Å². The fourth-order valence-electron chi connectivity index (χ4n) is 12.7. The van der Waals surface area contributed by atoms with E-state index in [4.69, 9.17) is 28.4 Å². The second-order valence-corrected chi connectivity index (χ2v) is 28.5. The number of amides is 1. The Hall–Kier alpha value is -4.59. The van der Waals surface area contributed by atoms with Crippen molar-refractivity contribution in [3.63, 3.8) is 0 Å². The Labute approximate surface area is 644 Å². The molecule has 3 heterocycles. The van der Waals surface area contributed by atoms with Gasteiger partial charge in [0.25, 0.3) is 0 Å². The Balaban J connectivity index is 1.38. The smallest absolute Gasteiger partial charge is 0.220 e. The molecule has 0 saturated carbocycles. The van der Waals surface area contributed by atoms with Crippen molar-refractivity contribution < 1.29 is 89.4 Å². The van der Waals surface area contributed by atoms with E-state index in [9.17, 15) is 61.0 Å². The molecular weight excluding hydrogens is 1360 g/mol. The molecule has 107 heavy (non-hydrogen) atoms. The number of unbranched alkanes of at least 4 members (excludes halogenated alkanes) is 23. The van der Waals surface area contributed by atoms with E-state index in [2.05, 4.69) is 165 Å². The molecule has 1 amide bonds. The molecule has 610 valence electrons. The fourth-order valence-corrected chi connectivity index (χ4v) is 12.7. The summed E-state index contributed by atoms with van der Waals surface area (Å²) >= 11 is 0. The summed E-state index contributed by atoms with van der Waals surface area (Å²) < 4.78 is 34.4. The third kappa shape index (κ3) is 45.5. The second kappa shape index (κ2) is 66.1. The van der Waals surface area contributed by atoms with Gasteiger partial charge in [-0.25, -0.2) is 0 Å². The van der Waals surface area contributed by atoms with Crippen molar-refractivity contribution in [2.75, 3.05) is 26.4 Å². The largest absolute Gasteiger partial charge is 0.394 e. The van der Waals surface area contributed by atoms with E-state index in [1.807, 2.05) is 6.08 Å². The van der Waals surface area contributed by atoms with Crippen molar-refractivity contribution in [3.8, 4) is 0 Å². The summed E-state index contributed by atoms with van der Waals surface area (Å²) in [5.74, 6) is -0.309. The molecule has 0 radical (unpaired) electrons. The summed E-state index contributed by atoms with van der Waals surface area (Å²) in [6.45, 7) is 1.59. The van der Waals surface area contributed by atoms with E-state index in [0.29, 0.717) is 12.8 Å². The summed E-state index contributed by atoms with van der Waals surface area (Å²) in [5, 5.41) is 121. The molecule has 3 rings (SSSR count). The minimum Gasteiger partial charge on any atom is -0.394 e. The lowest BCUT2D eigenvalue weighted by Crippen LogP contribution is -2.66. The van der Waals surface area contributed by atoms with Crippen LogP contribution in [0.1, 0.15) is 258 Å². The van der Waals surface area contributed by atoms with Gasteiger partial charge in [-0.1, -0.05) is 294 Å². The topological polar surface area (TPSA) is 307 Å². The number of ether oxygens (including phenoxy) is 6. The van der Waals surface area contributed by atoms with Gasteiger partial charge >= 0.3 is 0 Å². The van der Waals surface area contributed by atoms with Crippen LogP contribution in [0.5, 0.6) is 0 Å². The number of aliphatic hydroxyl groups excluding tert-OH is 11. The van der Waals surface area contributed by atoms with Gasteiger partial charge in [-0.05, 0) is 116 Å². The highest BCUT2D eigenvalue weighted by atomic mass is 16.8. The molecule has 3 aliphatic heterocycles. The molecule has 3 aliphatic rings. The second-order valence-electron chi connectivity index (χ2n) is 28.5. The average molecular weight is 1510 g/mol. The molecule has 17 atom stereocenters. The molecular formula is C88H145NO18. The summed E-state index contributed by atoms with van der Waals surface area (Å²) in [7, 11) is 0. The third-order valence-electron chi connectivity index (χ3n) is 19.3. The number of hydrogen-bond acceptors (Lipinski definition) is 18. The maximum atomic E-state index is 13.5. The summed E-state index contributed by atoms with van der Waals surface area (Å²) in [4.78, 5) is 13.5. The molecule has 12 N–H and O–H groups in total. The lowest BCUT2D eigenvalue weighted by atomic mass is 9.96. The molecule has 0 aromatic carbocycles. The van der Waals surface area contributed by atoms with Gasteiger partial charge in [-0.2, -0.15) is 0 Å². The minimum absolute atomic E-state index is 0.203. The highest BCUT2D eigenvalue weighted by Crippen LogP contribution is 2.33. The number of aliphatic hydroxyl groups is 11. The van der Waals surface area contributed by atoms with Crippen LogP contribution in [0.15, 0.2) is 158 Å². The van der Waals surface area contributed by atoms with E-state index < -0.39 is 124 Å². The van der Waals surface area contributed by atoms with E-state index in [1.54, 1.807) is 6.08 Å². The van der Waals surface area contributed by atoms with E-state index in [0.717, 1.165) is 122 Å². The molecule has 3 fully saturated rings. The quantitative estimate of drug-likeness (QED) is 0.0199. The van der Waals surface area contributed by atoms with Crippen molar-refractivity contribution in [2.24, 2.45) is 0 Å². The van der Waals surface area contributed by atoms with Crippen LogP contribution in [0.3, 0.4) is 0 Å². The third-order valence-corrected chi connectivity index (χ3v) is 19.3. The Morgan fingerprint density at radius 2 is 0.654 bits per heavy atom. The van der Waals surface area contributed by atoms with E-state index in [-0.39, 0.29) is 18.9 Å². The van der Waals surface area contributed by atoms with Crippen molar-refractivity contribution in [2.45, 2.75) is 362 Å². The Bertz CT molecular complexity index is 2550. The molecule has 0 aliphatic carbocycles. The monoisotopic (exact) mass is 1500 g/mol. The van der Waals surface area contributed by atoms with Gasteiger partial charge in [0.1, 0.15) is 73.2 Å². The zero-order chi connectivity index (χ0) is 77.4. The first kappa shape index (κ1) is 96.6. The molecule has 19 nitrogen and oxygen atoms in total. The first-order valence-electron chi connectivity index (χ1n) is 41.2. The van der Waals surface area contributed by atoms with Gasteiger partial charge < -0.3 is 89.9 Å². The number of rotatable bonds is 63. The van der Waals surface area contributed by atoms with Crippen LogP contribution in [0.25, 0.3) is 0 Å². The summed E-state index contributed by atoms with van der Waals surface area (Å²) in [6, 6.07) is -1.01. The van der Waals surface area contributed by atoms with E-state index >= 15 is 0 Å². The number of allylic oxidation sites excluding steroid dienone is 25. The number of nitrogens with one attached hydrogen (secondary N) is 1. The zero-order valence-corrected chi connectivity index (χ0v) is 65.3. The van der Waals surface area contributed by atoms with Crippen LogP contribution in [0.2, 0.25) is 0 Å². The average Bonchev–Trinajstić information content (AvgIpc) is 0.781. The van der Waals surface area contributed by atoms with Crippen LogP contribution in [0, 0.1) is 0 Å². The van der Waals surface area contributed by atoms with Crippen LogP contribution >= 0.6 is 0 Å². The number of hydrogen-bond donors (Lipinski definition) is 12. The molecule has 0 bridgehead atoms. The first-order valence-corrected chi connectivity index (χ1v) is 41.2. The van der Waals surface area contributed by atoms with Gasteiger partial charge in [0.2, 0.25) is 5.91 Å². The van der Waals surface area contributed by atoms with Crippen LogP contribution in [0.4, 0.5) is 0 Å². The Kier molecular flexibility index (Phi) is 59.6. The molecule has 17 unspecified atom stereocenters. The highest BCUT2D eigenvalue weighted by Gasteiger charge is 2.54. The predicted octanol–water partition coefficient (Wildman–Crippen LogP) is 14.4. The standard InChI is InChI=1S/C88H145NO18/c1-3-5-7-9-11-13-15-17-19-21-23-25-27-28-29-30-31-32-33-34-35-36-37-38-39-40-41-42-44-46-48-50-52-54-56-58-60-62-64-66-76(94)89-71(72(93)65-63-61-59-57-55-53-51-49-47-45-43-26-24-22-20-18-16-14-12-10-8-6-4-2)70-102-86-82(100)79(97)84(74(68-91)104-86)107-88-83(101)80(98)85(75(69-92)105-88)106-87-81(99)78(96)77(95)73(67-90)103-87/h5,7,11,13,17,19,23,25,28-29,31-32,34-35,37-38,40-41,44,46,50,52,55,57,63,65,71-75,77-88,90-93,95-101H,3-4,6,8-10,12,14-16,18,20-22,24,26-27,30,33,36,39,42-43,45,47-49,51,53-54,56,58-62,64,66-70H2,1-2H3,(H,89,94)/b7-5-,13-11-,19-17-,25-23-,29-28-,32-31-,35-34-,38-37-,41-40-,46-44-,52-50-,57-55+,65-63+. The SMILES string of the molecule is CC/C=C\C/C=C\C/C=C\C/C=C\C/C=C\C/C=C\C/C=C\C/C=C\C/C=C\C/C=C\C/C=C\CCCCCCCC(=O)NC(COC1OC(CO)C(OC2OC(CO)C(OC3OC(CO)C(O)C(O)C3O)C(O)C2O)C(O)C1O)C(O)/C=C/CC/C=C/CCCCCCCCCCCCCCCCCCC. The van der Waals surface area contributed by atoms with Crippen molar-refractivity contribution in [1.82, 2.24) is 5.32 Å². The Morgan fingerprint density at radius 3 is 1.05 bits per heavy atom. The zero-order valence-electron chi connectivity index (χ0n) is 65.3. The van der Waals surface area contributed by atoms with Crippen molar-refractivity contribution >= 4 is 5.91 Å². The molecule has 19 heteroatoms. The van der Waals surface area contributed by atoms with E-state index in [1.165, 1.54) is 103 Å². The van der Waals surface area contributed by atoms with Gasteiger partial charge in [0, 0.05) is 6.42 Å². The normalized spacial score (nSPS) is 26.4. The van der Waals surface area contributed by atoms with Gasteiger partial charge in [0.15, 0.2) is 18.9 Å². The summed E-state index contributed by atoms with van der Waals surface area (Å²) in [6.07, 6.45) is 70.8. The lowest BCUT2D eigenvalue weighted by molar-refractivity contribution is -0.379. The first-order chi connectivity index (χ1) is 52.3. The maximum Gasteiger partial charge on any atom is 0.220 e. The van der Waals surface area contributed by atoms with Crippen molar-refractivity contribution in [3.05, 3.63) is 158 Å². The van der Waals surface area contributed by atoms with Gasteiger partial charge in [-0.3, -0.25) is 4.79 Å². The Morgan fingerprint density at radius 1 is 0.346 bits per heavy atom. The lowest BCUT2D eigenvalue weighted by Gasteiger charge is -2.48. The predicted molar refractivity (Wildman–Crippen MR) is 429 cm³/mol. The van der Waals surface area contributed by atoms with Crippen molar-refractivity contribution in [1.29, 1.82) is 0 Å². The fraction of sp³-hybridized carbons (Fsp3) is 0.693.